The van der Waals surface area contributed by atoms with E-state index in [4.69, 9.17) is 26.4 Å². The average Bonchev–Trinajstić information content (AvgIpc) is 3.12. The Kier molecular flexibility index (Phi) is 7.67. The molecule has 3 aromatic rings. The Morgan fingerprint density at radius 3 is 2.46 bits per heavy atom. The Balaban J connectivity index is 1.48. The van der Waals surface area contributed by atoms with Crippen molar-refractivity contribution in [3.63, 3.8) is 0 Å². The number of anilines is 1. The van der Waals surface area contributed by atoms with Gasteiger partial charge in [-0.2, -0.15) is 0 Å². The van der Waals surface area contributed by atoms with Gasteiger partial charge in [-0.25, -0.2) is 0 Å². The SMILES string of the molecule is CCOc1ccc(COc2cccc(/C=C3/NC(=S)N(c4ccccc4C)C3=O)c2)cc1OCC. The Bertz CT molecular complexity index is 1270. The van der Waals surface area contributed by atoms with E-state index < -0.39 is 0 Å². The smallest absolute Gasteiger partial charge is 0.281 e. The van der Waals surface area contributed by atoms with Crippen molar-refractivity contribution >= 4 is 35.0 Å². The maximum atomic E-state index is 13.1. The fourth-order valence-corrected chi connectivity index (χ4v) is 4.07. The number of carbonyl (C=O) groups is 1. The van der Waals surface area contributed by atoms with Gasteiger partial charge < -0.3 is 19.5 Å². The number of benzene rings is 3. The Morgan fingerprint density at radius 2 is 1.69 bits per heavy atom. The number of ether oxygens (including phenoxy) is 3. The molecule has 1 aliphatic rings. The van der Waals surface area contributed by atoms with E-state index in [0.717, 1.165) is 28.1 Å². The third kappa shape index (κ3) is 5.63. The molecule has 0 saturated carbocycles. The van der Waals surface area contributed by atoms with Crippen molar-refractivity contribution < 1.29 is 19.0 Å². The highest BCUT2D eigenvalue weighted by atomic mass is 32.1. The van der Waals surface area contributed by atoms with Crippen molar-refractivity contribution in [1.82, 2.24) is 5.32 Å². The van der Waals surface area contributed by atoms with Gasteiger partial charge in [0.15, 0.2) is 16.6 Å². The van der Waals surface area contributed by atoms with Crippen LogP contribution in [0.15, 0.2) is 72.4 Å². The largest absolute Gasteiger partial charge is 0.490 e. The summed E-state index contributed by atoms with van der Waals surface area (Å²) in [6.45, 7) is 7.33. The molecule has 6 nitrogen and oxygen atoms in total. The van der Waals surface area contributed by atoms with E-state index in [1.165, 1.54) is 4.90 Å². The van der Waals surface area contributed by atoms with Crippen LogP contribution in [-0.4, -0.2) is 24.2 Å². The molecular formula is C28H28N2O4S. The first-order valence-corrected chi connectivity index (χ1v) is 11.9. The highest BCUT2D eigenvalue weighted by Gasteiger charge is 2.32. The van der Waals surface area contributed by atoms with Gasteiger partial charge in [-0.05, 0) is 86.1 Å². The summed E-state index contributed by atoms with van der Waals surface area (Å²) in [5.74, 6) is 1.93. The molecule has 180 valence electrons. The molecule has 4 rings (SSSR count). The number of rotatable bonds is 9. The standard InChI is InChI=1S/C28H28N2O4S/c1-4-32-25-14-13-21(17-26(25)33-5-2)18-34-22-11-8-10-20(15-22)16-23-27(31)30(28(35)29-23)24-12-7-6-9-19(24)3/h6-17H,4-5,18H2,1-3H3,(H,29,35)/b23-16+. The molecule has 35 heavy (non-hydrogen) atoms. The minimum Gasteiger partial charge on any atom is -0.490 e. The highest BCUT2D eigenvalue weighted by Crippen LogP contribution is 2.30. The van der Waals surface area contributed by atoms with E-state index in [1.54, 1.807) is 6.08 Å². The van der Waals surface area contributed by atoms with Crippen molar-refractivity contribution in [2.24, 2.45) is 0 Å². The van der Waals surface area contributed by atoms with Crippen LogP contribution >= 0.6 is 12.2 Å². The number of hydrogen-bond donors (Lipinski definition) is 1. The van der Waals surface area contributed by atoms with Crippen molar-refractivity contribution in [2.45, 2.75) is 27.4 Å². The Hall–Kier alpha value is -3.84. The molecule has 1 heterocycles. The molecule has 1 N–H and O–H groups in total. The lowest BCUT2D eigenvalue weighted by atomic mass is 10.1. The molecule has 0 unspecified atom stereocenters. The molecule has 0 aromatic heterocycles. The lowest BCUT2D eigenvalue weighted by Gasteiger charge is -2.16. The van der Waals surface area contributed by atoms with Crippen LogP contribution < -0.4 is 24.4 Å². The summed E-state index contributed by atoms with van der Waals surface area (Å²) in [5.41, 5.74) is 3.96. The molecular weight excluding hydrogens is 460 g/mol. The molecule has 0 radical (unpaired) electrons. The minimum atomic E-state index is -0.187. The molecule has 3 aromatic carbocycles. The third-order valence-corrected chi connectivity index (χ3v) is 5.70. The molecule has 1 saturated heterocycles. The molecule has 0 bridgehead atoms. The number of thiocarbonyl (C=S) groups is 1. The van der Waals surface area contributed by atoms with Gasteiger partial charge in [0.1, 0.15) is 18.1 Å². The number of carbonyl (C=O) groups excluding carboxylic acids is 1. The zero-order valence-corrected chi connectivity index (χ0v) is 20.9. The third-order valence-electron chi connectivity index (χ3n) is 5.42. The zero-order chi connectivity index (χ0) is 24.8. The van der Waals surface area contributed by atoms with Crippen LogP contribution in [0.5, 0.6) is 17.2 Å². The monoisotopic (exact) mass is 488 g/mol. The van der Waals surface area contributed by atoms with Gasteiger partial charge in [0, 0.05) is 0 Å². The first-order valence-electron chi connectivity index (χ1n) is 11.5. The fourth-order valence-electron chi connectivity index (χ4n) is 3.78. The van der Waals surface area contributed by atoms with E-state index in [0.29, 0.717) is 42.1 Å². The predicted molar refractivity (Wildman–Crippen MR) is 142 cm³/mol. The van der Waals surface area contributed by atoms with Crippen molar-refractivity contribution in [3.05, 3.63) is 89.1 Å². The second-order valence-electron chi connectivity index (χ2n) is 7.92. The summed E-state index contributed by atoms with van der Waals surface area (Å²) >= 11 is 5.44. The van der Waals surface area contributed by atoms with Crippen LogP contribution in [0.4, 0.5) is 5.69 Å². The number of nitrogens with one attached hydrogen (secondary N) is 1. The fraction of sp³-hybridized carbons (Fsp3) is 0.214. The summed E-state index contributed by atoms with van der Waals surface area (Å²) in [7, 11) is 0. The quantitative estimate of drug-likeness (QED) is 0.311. The molecule has 1 fully saturated rings. The molecule has 0 spiro atoms. The molecule has 1 amide bonds. The lowest BCUT2D eigenvalue weighted by molar-refractivity contribution is -0.113. The summed E-state index contributed by atoms with van der Waals surface area (Å²) in [6.07, 6.45) is 1.78. The van der Waals surface area contributed by atoms with Gasteiger partial charge in [-0.15, -0.1) is 0 Å². The minimum absolute atomic E-state index is 0.187. The van der Waals surface area contributed by atoms with Gasteiger partial charge in [0.2, 0.25) is 0 Å². The van der Waals surface area contributed by atoms with Crippen LogP contribution in [0.2, 0.25) is 0 Å². The van der Waals surface area contributed by atoms with Crippen LogP contribution in [0, 0.1) is 6.92 Å². The van der Waals surface area contributed by atoms with Crippen molar-refractivity contribution in [2.75, 3.05) is 18.1 Å². The van der Waals surface area contributed by atoms with Crippen molar-refractivity contribution in [1.29, 1.82) is 0 Å². The second kappa shape index (κ2) is 11.1. The van der Waals surface area contributed by atoms with Crippen LogP contribution in [-0.2, 0) is 11.4 Å². The number of aryl methyl sites for hydroxylation is 1. The Morgan fingerprint density at radius 1 is 0.914 bits per heavy atom. The first kappa shape index (κ1) is 24.3. The zero-order valence-electron chi connectivity index (χ0n) is 20.0. The summed E-state index contributed by atoms with van der Waals surface area (Å²) in [6, 6.07) is 21.0. The molecule has 1 aliphatic heterocycles. The van der Waals surface area contributed by atoms with Crippen LogP contribution in [0.3, 0.4) is 0 Å². The maximum absolute atomic E-state index is 13.1. The molecule has 7 heteroatoms. The normalized spacial score (nSPS) is 14.3. The first-order chi connectivity index (χ1) is 17.0. The van der Waals surface area contributed by atoms with E-state index in [2.05, 4.69) is 5.32 Å². The number of hydrogen-bond acceptors (Lipinski definition) is 5. The summed E-state index contributed by atoms with van der Waals surface area (Å²) in [4.78, 5) is 14.6. The molecule has 0 atom stereocenters. The number of amides is 1. The molecule has 0 aliphatic carbocycles. The lowest BCUT2D eigenvalue weighted by Crippen LogP contribution is -2.30. The number of para-hydroxylation sites is 1. The second-order valence-corrected chi connectivity index (χ2v) is 8.31. The number of nitrogens with zero attached hydrogens (tertiary/aromatic N) is 1. The summed E-state index contributed by atoms with van der Waals surface area (Å²) in [5, 5.41) is 3.41. The van der Waals surface area contributed by atoms with E-state index >= 15 is 0 Å². The Labute approximate surface area is 211 Å². The van der Waals surface area contributed by atoms with Gasteiger partial charge >= 0.3 is 0 Å². The van der Waals surface area contributed by atoms with E-state index in [-0.39, 0.29) is 5.91 Å². The van der Waals surface area contributed by atoms with E-state index in [1.807, 2.05) is 87.5 Å². The predicted octanol–water partition coefficient (Wildman–Crippen LogP) is 5.63. The summed E-state index contributed by atoms with van der Waals surface area (Å²) < 4.78 is 17.3. The van der Waals surface area contributed by atoms with Crippen molar-refractivity contribution in [3.8, 4) is 17.2 Å². The van der Waals surface area contributed by atoms with Gasteiger partial charge in [-0.1, -0.05) is 36.4 Å². The topological polar surface area (TPSA) is 60.0 Å². The van der Waals surface area contributed by atoms with Gasteiger partial charge in [-0.3, -0.25) is 9.69 Å². The van der Waals surface area contributed by atoms with E-state index in [9.17, 15) is 4.79 Å². The highest BCUT2D eigenvalue weighted by molar-refractivity contribution is 7.80. The van der Waals surface area contributed by atoms with Crippen LogP contribution in [0.25, 0.3) is 6.08 Å². The average molecular weight is 489 g/mol. The van der Waals surface area contributed by atoms with Gasteiger partial charge in [0.25, 0.3) is 5.91 Å². The maximum Gasteiger partial charge on any atom is 0.281 e. The van der Waals surface area contributed by atoms with Gasteiger partial charge in [0.05, 0.1) is 18.9 Å². The van der Waals surface area contributed by atoms with Crippen LogP contribution in [0.1, 0.15) is 30.5 Å².